The molecule has 2 bridgehead atoms. The fourth-order valence-electron chi connectivity index (χ4n) is 4.60. The first-order valence-corrected chi connectivity index (χ1v) is 10.3. The molecular weight excluding hydrogens is 383 g/mol. The van der Waals surface area contributed by atoms with Crippen molar-refractivity contribution in [1.29, 1.82) is 0 Å². The molecule has 1 unspecified atom stereocenters. The Morgan fingerprint density at radius 3 is 2.83 bits per heavy atom. The molecule has 30 heavy (non-hydrogen) atoms. The number of ether oxygens (including phenoxy) is 1. The number of rotatable bonds is 5. The number of pyridine rings is 1. The zero-order chi connectivity index (χ0) is 20.7. The van der Waals surface area contributed by atoms with Gasteiger partial charge in [-0.1, -0.05) is 11.6 Å². The molecule has 1 amide bonds. The van der Waals surface area contributed by atoms with Gasteiger partial charge in [0.25, 0.3) is 5.91 Å². The van der Waals surface area contributed by atoms with Crippen LogP contribution >= 0.6 is 0 Å². The molecule has 6 rings (SSSR count). The lowest BCUT2D eigenvalue weighted by Gasteiger charge is -2.53. The number of aromatic nitrogens is 3. The lowest BCUT2D eigenvalue weighted by atomic mass is 9.70. The number of nitrogens with zero attached hydrogens (tertiary/aromatic N) is 4. The molecule has 3 aliphatic rings. The average molecular weight is 406 g/mol. The first-order chi connectivity index (χ1) is 14.6. The summed E-state index contributed by atoms with van der Waals surface area (Å²) in [6.45, 7) is 2.33. The molecule has 1 aliphatic carbocycles. The molecule has 1 atom stereocenters. The van der Waals surface area contributed by atoms with Crippen LogP contribution in [0, 0.1) is 18.7 Å². The molecule has 7 heteroatoms. The number of piperidine rings is 2. The monoisotopic (exact) mass is 406 g/mol. The summed E-state index contributed by atoms with van der Waals surface area (Å²) >= 11 is 0. The average Bonchev–Trinajstić information content (AvgIpc) is 3.26. The molecule has 0 N–H and O–H groups in total. The maximum Gasteiger partial charge on any atom is 0.256 e. The van der Waals surface area contributed by atoms with Gasteiger partial charge in [-0.15, -0.1) is 0 Å². The van der Waals surface area contributed by atoms with Crippen LogP contribution in [0.15, 0.2) is 55.0 Å². The first-order valence-electron chi connectivity index (χ1n) is 10.3. The number of hydrogen-bond donors (Lipinski definition) is 0. The third-order valence-corrected chi connectivity index (χ3v) is 6.10. The largest absolute Gasteiger partial charge is 0.475 e. The minimum Gasteiger partial charge on any atom is -0.475 e. The van der Waals surface area contributed by atoms with E-state index in [1.165, 1.54) is 12.1 Å². The second-order valence-corrected chi connectivity index (χ2v) is 8.19. The van der Waals surface area contributed by atoms with Crippen LogP contribution in [0.3, 0.4) is 0 Å². The summed E-state index contributed by atoms with van der Waals surface area (Å²) in [6.07, 6.45) is 7.68. The predicted molar refractivity (Wildman–Crippen MR) is 109 cm³/mol. The summed E-state index contributed by atoms with van der Waals surface area (Å²) < 4.78 is 20.7. The molecule has 2 aliphatic heterocycles. The molecule has 2 saturated heterocycles. The van der Waals surface area contributed by atoms with Crippen molar-refractivity contribution in [2.24, 2.45) is 5.92 Å². The number of aryl methyl sites for hydroxylation is 1. The van der Waals surface area contributed by atoms with Crippen molar-refractivity contribution < 1.29 is 13.9 Å². The topological polar surface area (TPSA) is 60.2 Å². The van der Waals surface area contributed by atoms with Crippen molar-refractivity contribution in [2.75, 3.05) is 6.61 Å². The van der Waals surface area contributed by atoms with Crippen LogP contribution in [-0.2, 0) is 0 Å². The molecule has 1 aromatic carbocycles. The van der Waals surface area contributed by atoms with E-state index < -0.39 is 5.82 Å². The SMILES string of the molecule is Cc1ccc(-n2cccn2)c(C(=O)N2C(COc3ccc(F)cn3)CC3CC2C3)c1. The Morgan fingerprint density at radius 2 is 2.10 bits per heavy atom. The van der Waals surface area contributed by atoms with Crippen LogP contribution in [0.4, 0.5) is 4.39 Å². The number of benzene rings is 1. The van der Waals surface area contributed by atoms with Gasteiger partial charge in [-0.25, -0.2) is 14.1 Å². The highest BCUT2D eigenvalue weighted by Crippen LogP contribution is 2.43. The molecular formula is C23H23FN4O2. The highest BCUT2D eigenvalue weighted by molar-refractivity contribution is 5.98. The van der Waals surface area contributed by atoms with E-state index in [0.717, 1.165) is 36.7 Å². The molecule has 3 fully saturated rings. The number of halogens is 1. The summed E-state index contributed by atoms with van der Waals surface area (Å²) in [7, 11) is 0. The number of amides is 1. The zero-order valence-electron chi connectivity index (χ0n) is 16.7. The Balaban J connectivity index is 1.42. The van der Waals surface area contributed by atoms with Gasteiger partial charge in [-0.05, 0) is 56.4 Å². The van der Waals surface area contributed by atoms with Crippen molar-refractivity contribution in [2.45, 2.75) is 38.3 Å². The maximum atomic E-state index is 13.7. The number of fused-ring (bicyclic) bond motifs is 2. The summed E-state index contributed by atoms with van der Waals surface area (Å²) in [5.41, 5.74) is 2.45. The summed E-state index contributed by atoms with van der Waals surface area (Å²) in [5, 5.41) is 4.32. The first kappa shape index (κ1) is 18.8. The Kier molecular flexibility index (Phi) is 4.73. The van der Waals surface area contributed by atoms with Crippen LogP contribution in [0.5, 0.6) is 5.88 Å². The molecule has 4 heterocycles. The number of hydrogen-bond acceptors (Lipinski definition) is 4. The van der Waals surface area contributed by atoms with E-state index in [9.17, 15) is 9.18 Å². The van der Waals surface area contributed by atoms with Crippen LogP contribution in [0.1, 0.15) is 35.2 Å². The normalized spacial score (nSPS) is 22.5. The lowest BCUT2D eigenvalue weighted by molar-refractivity contribution is -0.0310. The van der Waals surface area contributed by atoms with Crippen LogP contribution in [0.25, 0.3) is 5.69 Å². The van der Waals surface area contributed by atoms with Gasteiger partial charge < -0.3 is 9.64 Å². The van der Waals surface area contributed by atoms with Gasteiger partial charge in [-0.2, -0.15) is 5.10 Å². The van der Waals surface area contributed by atoms with Gasteiger partial charge in [-0.3, -0.25) is 4.79 Å². The van der Waals surface area contributed by atoms with Crippen LogP contribution < -0.4 is 4.74 Å². The Hall–Kier alpha value is -3.22. The Morgan fingerprint density at radius 1 is 1.23 bits per heavy atom. The van der Waals surface area contributed by atoms with E-state index in [0.29, 0.717) is 24.0 Å². The predicted octanol–water partition coefficient (Wildman–Crippen LogP) is 3.79. The highest BCUT2D eigenvalue weighted by atomic mass is 19.1. The molecule has 2 aromatic heterocycles. The van der Waals surface area contributed by atoms with Gasteiger partial charge in [0.05, 0.1) is 23.5 Å². The molecule has 3 aromatic rings. The van der Waals surface area contributed by atoms with Crippen LogP contribution in [-0.4, -0.2) is 44.3 Å². The minimum absolute atomic E-state index is 0.00742. The molecule has 154 valence electrons. The van der Waals surface area contributed by atoms with Crippen LogP contribution in [0.2, 0.25) is 0 Å². The summed E-state index contributed by atoms with van der Waals surface area (Å²) in [6, 6.07) is 10.8. The third-order valence-electron chi connectivity index (χ3n) is 6.10. The van der Waals surface area contributed by atoms with E-state index in [-0.39, 0.29) is 18.0 Å². The molecule has 6 nitrogen and oxygen atoms in total. The summed E-state index contributed by atoms with van der Waals surface area (Å²) in [4.78, 5) is 19.7. The summed E-state index contributed by atoms with van der Waals surface area (Å²) in [5.74, 6) is 0.615. The maximum absolute atomic E-state index is 13.7. The Bertz CT molecular complexity index is 1050. The second-order valence-electron chi connectivity index (χ2n) is 8.19. The standard InChI is InChI=1S/C23H23FN4O2/c1-15-3-5-21(27-8-2-7-26-27)20(9-15)23(29)28-18-10-16(11-18)12-19(28)14-30-22-6-4-17(24)13-25-22/h2-9,13,16,18-19H,10-12,14H2,1H3. The van der Waals surface area contributed by atoms with Gasteiger partial charge >= 0.3 is 0 Å². The van der Waals surface area contributed by atoms with Gasteiger partial charge in [0, 0.05) is 24.5 Å². The van der Waals surface area contributed by atoms with Crippen molar-refractivity contribution in [3.63, 3.8) is 0 Å². The lowest BCUT2D eigenvalue weighted by Crippen LogP contribution is -2.60. The van der Waals surface area contributed by atoms with Gasteiger partial charge in [0.2, 0.25) is 5.88 Å². The van der Waals surface area contributed by atoms with E-state index in [1.54, 1.807) is 10.9 Å². The highest BCUT2D eigenvalue weighted by Gasteiger charge is 2.47. The second kappa shape index (κ2) is 7.55. The fourth-order valence-corrected chi connectivity index (χ4v) is 4.60. The van der Waals surface area contributed by atoms with E-state index in [1.807, 2.05) is 42.3 Å². The molecule has 0 spiro atoms. The van der Waals surface area contributed by atoms with Gasteiger partial charge in [0.1, 0.15) is 12.4 Å². The van der Waals surface area contributed by atoms with Crippen molar-refractivity contribution in [3.05, 3.63) is 71.9 Å². The third kappa shape index (κ3) is 3.44. The molecule has 1 saturated carbocycles. The number of carbonyl (C=O) groups excluding carboxylic acids is 1. The minimum atomic E-state index is -0.399. The zero-order valence-corrected chi connectivity index (χ0v) is 16.7. The fraction of sp³-hybridized carbons (Fsp3) is 0.348. The van der Waals surface area contributed by atoms with E-state index in [2.05, 4.69) is 10.1 Å². The van der Waals surface area contributed by atoms with Crippen molar-refractivity contribution in [1.82, 2.24) is 19.7 Å². The van der Waals surface area contributed by atoms with E-state index in [4.69, 9.17) is 4.74 Å². The number of carbonyl (C=O) groups is 1. The Labute approximate surface area is 174 Å². The quantitative estimate of drug-likeness (QED) is 0.647. The smallest absolute Gasteiger partial charge is 0.256 e. The van der Waals surface area contributed by atoms with E-state index >= 15 is 0 Å². The van der Waals surface area contributed by atoms with Crippen molar-refractivity contribution in [3.8, 4) is 11.6 Å². The molecule has 0 radical (unpaired) electrons. The van der Waals surface area contributed by atoms with Crippen molar-refractivity contribution >= 4 is 5.91 Å². The van der Waals surface area contributed by atoms with Gasteiger partial charge in [0.15, 0.2) is 0 Å².